The van der Waals surface area contributed by atoms with Crippen molar-refractivity contribution in [2.45, 2.75) is 25.3 Å². The average molecular weight is 290 g/mol. The van der Waals surface area contributed by atoms with E-state index in [9.17, 15) is 18.0 Å². The number of carboxylic acid groups (broad SMARTS) is 1. The van der Waals surface area contributed by atoms with Gasteiger partial charge in [-0.2, -0.15) is 0 Å². The zero-order valence-corrected chi connectivity index (χ0v) is 11.4. The van der Waals surface area contributed by atoms with Crippen molar-refractivity contribution in [3.8, 4) is 0 Å². The fraction of sp³-hybridized carbons (Fsp3) is 0.818. The van der Waals surface area contributed by atoms with E-state index < -0.39 is 21.8 Å². The summed E-state index contributed by atoms with van der Waals surface area (Å²) in [6, 6.07) is -1.12. The van der Waals surface area contributed by atoms with Crippen LogP contribution in [0.2, 0.25) is 0 Å². The van der Waals surface area contributed by atoms with Crippen molar-refractivity contribution in [1.29, 1.82) is 0 Å². The van der Waals surface area contributed by atoms with E-state index in [1.165, 1.54) is 9.80 Å². The van der Waals surface area contributed by atoms with Gasteiger partial charge in [-0.15, -0.1) is 0 Å². The molecule has 108 valence electrons. The minimum atomic E-state index is -3.04. The Hall–Kier alpha value is -1.31. The van der Waals surface area contributed by atoms with Crippen LogP contribution in [0.3, 0.4) is 0 Å². The summed E-state index contributed by atoms with van der Waals surface area (Å²) in [5.74, 6) is -1.06. The summed E-state index contributed by atoms with van der Waals surface area (Å²) in [7, 11) is -3.04. The van der Waals surface area contributed by atoms with Crippen molar-refractivity contribution in [3.63, 3.8) is 0 Å². The molecule has 2 aliphatic rings. The number of carbonyl (C=O) groups excluding carboxylic acids is 1. The number of piperidine rings is 1. The van der Waals surface area contributed by atoms with Gasteiger partial charge in [-0.05, 0) is 19.3 Å². The second-order valence-corrected chi connectivity index (χ2v) is 7.27. The van der Waals surface area contributed by atoms with E-state index in [2.05, 4.69) is 0 Å². The van der Waals surface area contributed by atoms with Crippen LogP contribution in [0.15, 0.2) is 0 Å². The Morgan fingerprint density at radius 1 is 1.05 bits per heavy atom. The van der Waals surface area contributed by atoms with Gasteiger partial charge in [0.2, 0.25) is 0 Å². The van der Waals surface area contributed by atoms with Gasteiger partial charge in [0.05, 0.1) is 11.5 Å². The first kappa shape index (κ1) is 14.1. The van der Waals surface area contributed by atoms with E-state index in [-0.39, 0.29) is 30.6 Å². The van der Waals surface area contributed by atoms with E-state index >= 15 is 0 Å². The fourth-order valence-electron chi connectivity index (χ4n) is 2.50. The van der Waals surface area contributed by atoms with Crippen LogP contribution in [-0.2, 0) is 14.6 Å². The molecule has 0 bridgehead atoms. The number of nitrogens with zero attached hydrogens (tertiary/aromatic N) is 2. The first-order valence-electron chi connectivity index (χ1n) is 6.39. The molecule has 0 radical (unpaired) electrons. The van der Waals surface area contributed by atoms with Gasteiger partial charge in [-0.3, -0.25) is 0 Å². The van der Waals surface area contributed by atoms with Crippen LogP contribution in [0.5, 0.6) is 0 Å². The zero-order chi connectivity index (χ0) is 14.0. The summed E-state index contributed by atoms with van der Waals surface area (Å²) < 4.78 is 22.6. The van der Waals surface area contributed by atoms with E-state index in [0.717, 1.165) is 12.8 Å². The third-order valence-electron chi connectivity index (χ3n) is 3.65. The van der Waals surface area contributed by atoms with Crippen molar-refractivity contribution in [2.75, 3.05) is 31.1 Å². The second kappa shape index (κ2) is 5.36. The molecule has 0 aliphatic carbocycles. The van der Waals surface area contributed by atoms with Crippen molar-refractivity contribution >= 4 is 21.8 Å². The molecule has 2 fully saturated rings. The van der Waals surface area contributed by atoms with E-state index in [1.807, 2.05) is 0 Å². The molecule has 2 rings (SSSR count). The molecule has 2 aliphatic heterocycles. The van der Waals surface area contributed by atoms with Crippen molar-refractivity contribution in [3.05, 3.63) is 0 Å². The number of carboxylic acids is 1. The van der Waals surface area contributed by atoms with Gasteiger partial charge in [0.15, 0.2) is 9.84 Å². The highest BCUT2D eigenvalue weighted by atomic mass is 32.2. The Morgan fingerprint density at radius 2 is 1.68 bits per heavy atom. The lowest BCUT2D eigenvalue weighted by Gasteiger charge is -2.38. The Bertz CT molecular complexity index is 461. The fourth-order valence-corrected chi connectivity index (χ4v) is 3.70. The number of hydrogen-bond acceptors (Lipinski definition) is 4. The summed E-state index contributed by atoms with van der Waals surface area (Å²) in [4.78, 5) is 26.2. The Balaban J connectivity index is 2.04. The lowest BCUT2D eigenvalue weighted by atomic mass is 10.0. The van der Waals surface area contributed by atoms with Crippen LogP contribution in [0.25, 0.3) is 0 Å². The summed E-state index contributed by atoms with van der Waals surface area (Å²) in [6.07, 6.45) is 2.06. The quantitative estimate of drug-likeness (QED) is 0.720. The summed E-state index contributed by atoms with van der Waals surface area (Å²) in [5.41, 5.74) is 0. The van der Waals surface area contributed by atoms with Crippen molar-refractivity contribution in [2.24, 2.45) is 0 Å². The van der Waals surface area contributed by atoms with Crippen molar-refractivity contribution < 1.29 is 23.1 Å². The van der Waals surface area contributed by atoms with Gasteiger partial charge in [0, 0.05) is 19.6 Å². The zero-order valence-electron chi connectivity index (χ0n) is 10.6. The molecule has 2 amide bonds. The van der Waals surface area contributed by atoms with Crippen LogP contribution < -0.4 is 0 Å². The number of urea groups is 1. The smallest absolute Gasteiger partial charge is 0.326 e. The highest BCUT2D eigenvalue weighted by molar-refractivity contribution is 7.91. The third kappa shape index (κ3) is 3.17. The van der Waals surface area contributed by atoms with Gasteiger partial charge in [-0.1, -0.05) is 0 Å². The molecule has 1 unspecified atom stereocenters. The van der Waals surface area contributed by atoms with Crippen LogP contribution in [0.1, 0.15) is 19.3 Å². The number of carbonyl (C=O) groups is 2. The molecule has 0 spiro atoms. The highest BCUT2D eigenvalue weighted by Crippen LogP contribution is 2.19. The third-order valence-corrected chi connectivity index (χ3v) is 5.26. The maximum Gasteiger partial charge on any atom is 0.326 e. The molecule has 2 heterocycles. The standard InChI is InChI=1S/C11H18N2O5S/c14-10(15)9-3-1-2-4-13(9)11(16)12-5-7-19(17,18)8-6-12/h9H,1-8H2,(H,14,15). The molecular weight excluding hydrogens is 272 g/mol. The molecule has 1 N–H and O–H groups in total. The predicted octanol–water partition coefficient (Wildman–Crippen LogP) is -0.224. The molecule has 19 heavy (non-hydrogen) atoms. The van der Waals surface area contributed by atoms with Gasteiger partial charge in [0.1, 0.15) is 6.04 Å². The largest absolute Gasteiger partial charge is 0.480 e. The lowest BCUT2D eigenvalue weighted by Crippen LogP contribution is -2.55. The Labute approximate surface area is 112 Å². The average Bonchev–Trinajstić information content (AvgIpc) is 2.38. The molecule has 0 aromatic heterocycles. The maximum atomic E-state index is 12.3. The molecule has 1 atom stereocenters. The number of amides is 2. The SMILES string of the molecule is O=C(O)C1CCCCN1C(=O)N1CCS(=O)(=O)CC1. The minimum absolute atomic E-state index is 0.0374. The summed E-state index contributed by atoms with van der Waals surface area (Å²) in [5, 5.41) is 9.13. The minimum Gasteiger partial charge on any atom is -0.480 e. The number of hydrogen-bond donors (Lipinski definition) is 1. The molecule has 7 nitrogen and oxygen atoms in total. The monoisotopic (exact) mass is 290 g/mol. The molecular formula is C11H18N2O5S. The predicted molar refractivity (Wildman–Crippen MR) is 67.6 cm³/mol. The normalized spacial score (nSPS) is 27.1. The number of likely N-dealkylation sites (tertiary alicyclic amines) is 1. The van der Waals surface area contributed by atoms with Gasteiger partial charge in [0.25, 0.3) is 0 Å². The number of sulfone groups is 1. The Kier molecular flexibility index (Phi) is 3.98. The van der Waals surface area contributed by atoms with Gasteiger partial charge < -0.3 is 14.9 Å². The van der Waals surface area contributed by atoms with E-state index in [4.69, 9.17) is 5.11 Å². The van der Waals surface area contributed by atoms with Crippen LogP contribution >= 0.6 is 0 Å². The summed E-state index contributed by atoms with van der Waals surface area (Å²) >= 11 is 0. The van der Waals surface area contributed by atoms with Gasteiger partial charge >= 0.3 is 12.0 Å². The van der Waals surface area contributed by atoms with E-state index in [1.54, 1.807) is 0 Å². The molecule has 0 saturated carbocycles. The van der Waals surface area contributed by atoms with Gasteiger partial charge in [-0.25, -0.2) is 18.0 Å². The van der Waals surface area contributed by atoms with Crippen molar-refractivity contribution in [1.82, 2.24) is 9.80 Å². The first-order chi connectivity index (χ1) is 8.91. The van der Waals surface area contributed by atoms with Crippen LogP contribution in [-0.4, -0.2) is 72.5 Å². The van der Waals surface area contributed by atoms with E-state index in [0.29, 0.717) is 13.0 Å². The second-order valence-electron chi connectivity index (χ2n) is 4.96. The molecule has 0 aromatic carbocycles. The summed E-state index contributed by atoms with van der Waals surface area (Å²) in [6.45, 7) is 0.743. The lowest BCUT2D eigenvalue weighted by molar-refractivity contribution is -0.143. The first-order valence-corrected chi connectivity index (χ1v) is 8.21. The number of rotatable bonds is 1. The molecule has 8 heteroatoms. The maximum absolute atomic E-state index is 12.3. The van der Waals surface area contributed by atoms with Crippen LogP contribution in [0, 0.1) is 0 Å². The highest BCUT2D eigenvalue weighted by Gasteiger charge is 2.36. The molecule has 0 aromatic rings. The number of aliphatic carboxylic acids is 1. The van der Waals surface area contributed by atoms with Crippen LogP contribution in [0.4, 0.5) is 4.79 Å². The molecule has 2 saturated heterocycles. The Morgan fingerprint density at radius 3 is 2.26 bits per heavy atom. The topological polar surface area (TPSA) is 95.0 Å².